The molecule has 0 heterocycles. The van der Waals surface area contributed by atoms with Crippen LogP contribution in [0.4, 0.5) is 0 Å². The van der Waals surface area contributed by atoms with Gasteiger partial charge in [-0.3, -0.25) is 9.59 Å². The van der Waals surface area contributed by atoms with Gasteiger partial charge in [-0.25, -0.2) is 0 Å². The van der Waals surface area contributed by atoms with Gasteiger partial charge in [-0.2, -0.15) is 0 Å². The standard InChI is InChI=1S/C19H36O2/c1-6-7-12-18(20)13-10-8-9-11-17(14-15(2)3)19(21)16(4)5/h15-17H,6-14H2,1-5H3/t17-/m1/s1. The molecule has 0 N–H and O–H groups in total. The van der Waals surface area contributed by atoms with Crippen molar-refractivity contribution in [1.29, 1.82) is 0 Å². The van der Waals surface area contributed by atoms with Crippen LogP contribution in [0, 0.1) is 17.8 Å². The zero-order valence-electron chi connectivity index (χ0n) is 14.9. The molecule has 0 saturated carbocycles. The molecule has 0 aliphatic heterocycles. The van der Waals surface area contributed by atoms with Crippen LogP contribution >= 0.6 is 0 Å². The van der Waals surface area contributed by atoms with Crippen molar-refractivity contribution >= 4 is 11.6 Å². The Hall–Kier alpha value is -0.660. The molecular weight excluding hydrogens is 260 g/mol. The first-order valence-corrected chi connectivity index (χ1v) is 8.93. The van der Waals surface area contributed by atoms with E-state index in [4.69, 9.17) is 0 Å². The van der Waals surface area contributed by atoms with Gasteiger partial charge in [0.25, 0.3) is 0 Å². The number of Topliss-reactive ketones (excluding diaryl/α,β-unsaturated/α-hetero) is 2. The summed E-state index contributed by atoms with van der Waals surface area (Å²) in [6, 6.07) is 0. The Labute approximate surface area is 132 Å². The Kier molecular flexibility index (Phi) is 11.6. The number of hydrogen-bond donors (Lipinski definition) is 0. The van der Waals surface area contributed by atoms with Crippen molar-refractivity contribution in [1.82, 2.24) is 0 Å². The van der Waals surface area contributed by atoms with E-state index in [9.17, 15) is 9.59 Å². The molecule has 0 bridgehead atoms. The molecule has 0 aromatic heterocycles. The monoisotopic (exact) mass is 296 g/mol. The van der Waals surface area contributed by atoms with E-state index in [1.165, 1.54) is 0 Å². The fourth-order valence-corrected chi connectivity index (χ4v) is 2.81. The summed E-state index contributed by atoms with van der Waals surface area (Å²) < 4.78 is 0. The summed E-state index contributed by atoms with van der Waals surface area (Å²) in [5.74, 6) is 1.77. The van der Waals surface area contributed by atoms with Gasteiger partial charge in [0.05, 0.1) is 0 Å². The van der Waals surface area contributed by atoms with Crippen LogP contribution in [0.1, 0.15) is 92.4 Å². The molecule has 21 heavy (non-hydrogen) atoms. The zero-order valence-corrected chi connectivity index (χ0v) is 14.9. The number of carbonyl (C=O) groups excluding carboxylic acids is 2. The maximum absolute atomic E-state index is 12.2. The predicted octanol–water partition coefficient (Wildman–Crippen LogP) is 5.58. The molecule has 0 aromatic rings. The molecule has 0 aliphatic rings. The number of rotatable bonds is 13. The van der Waals surface area contributed by atoms with Crippen LogP contribution in [0.2, 0.25) is 0 Å². The van der Waals surface area contributed by atoms with Gasteiger partial charge in [-0.1, -0.05) is 53.9 Å². The van der Waals surface area contributed by atoms with E-state index in [1.807, 2.05) is 13.8 Å². The summed E-state index contributed by atoms with van der Waals surface area (Å²) >= 11 is 0. The number of hydrogen-bond acceptors (Lipinski definition) is 2. The number of unbranched alkanes of at least 4 members (excludes halogenated alkanes) is 3. The molecule has 124 valence electrons. The van der Waals surface area contributed by atoms with E-state index in [2.05, 4.69) is 20.8 Å². The van der Waals surface area contributed by atoms with Crippen LogP contribution in [0.15, 0.2) is 0 Å². The minimum absolute atomic E-state index is 0.143. The Morgan fingerprint density at radius 3 is 2.00 bits per heavy atom. The van der Waals surface area contributed by atoms with Crippen molar-refractivity contribution in [2.45, 2.75) is 92.4 Å². The van der Waals surface area contributed by atoms with Crippen molar-refractivity contribution in [3.63, 3.8) is 0 Å². The molecule has 0 rings (SSSR count). The maximum Gasteiger partial charge on any atom is 0.138 e. The van der Waals surface area contributed by atoms with Crippen LogP contribution < -0.4 is 0 Å². The van der Waals surface area contributed by atoms with E-state index >= 15 is 0 Å². The van der Waals surface area contributed by atoms with Crippen molar-refractivity contribution in [2.75, 3.05) is 0 Å². The Morgan fingerprint density at radius 2 is 1.48 bits per heavy atom. The van der Waals surface area contributed by atoms with Crippen LogP contribution in [0.3, 0.4) is 0 Å². The van der Waals surface area contributed by atoms with Crippen molar-refractivity contribution < 1.29 is 9.59 Å². The predicted molar refractivity (Wildman–Crippen MR) is 90.4 cm³/mol. The fraction of sp³-hybridized carbons (Fsp3) is 0.895. The number of ketones is 2. The van der Waals surface area contributed by atoms with E-state index in [0.717, 1.165) is 57.8 Å². The van der Waals surface area contributed by atoms with Crippen LogP contribution in [0.25, 0.3) is 0 Å². The summed E-state index contributed by atoms with van der Waals surface area (Å²) in [6.07, 6.45) is 8.76. The second kappa shape index (κ2) is 11.9. The molecule has 0 saturated heterocycles. The quantitative estimate of drug-likeness (QED) is 0.415. The maximum atomic E-state index is 12.2. The van der Waals surface area contributed by atoms with Crippen molar-refractivity contribution in [3.8, 4) is 0 Å². The van der Waals surface area contributed by atoms with Gasteiger partial charge in [0.15, 0.2) is 0 Å². The van der Waals surface area contributed by atoms with Gasteiger partial charge in [0.2, 0.25) is 0 Å². The third kappa shape index (κ3) is 10.7. The van der Waals surface area contributed by atoms with E-state index in [0.29, 0.717) is 17.5 Å². The smallest absolute Gasteiger partial charge is 0.138 e. The average Bonchev–Trinajstić information content (AvgIpc) is 2.42. The summed E-state index contributed by atoms with van der Waals surface area (Å²) in [5.41, 5.74) is 0. The molecule has 0 radical (unpaired) electrons. The molecule has 0 aromatic carbocycles. The molecule has 2 heteroatoms. The molecule has 1 atom stereocenters. The molecule has 0 amide bonds. The largest absolute Gasteiger partial charge is 0.300 e. The van der Waals surface area contributed by atoms with Gasteiger partial charge in [0.1, 0.15) is 11.6 Å². The molecule has 0 aliphatic carbocycles. The second-order valence-corrected chi connectivity index (χ2v) is 7.13. The summed E-state index contributed by atoms with van der Waals surface area (Å²) in [6.45, 7) is 10.5. The van der Waals surface area contributed by atoms with E-state index < -0.39 is 0 Å². The Balaban J connectivity index is 3.93. The highest BCUT2D eigenvalue weighted by Gasteiger charge is 2.21. The second-order valence-electron chi connectivity index (χ2n) is 7.13. The molecule has 0 spiro atoms. The first kappa shape index (κ1) is 20.3. The van der Waals surface area contributed by atoms with Crippen LogP contribution in [-0.2, 0) is 9.59 Å². The normalized spacial score (nSPS) is 12.9. The Morgan fingerprint density at radius 1 is 0.857 bits per heavy atom. The van der Waals surface area contributed by atoms with E-state index in [-0.39, 0.29) is 11.8 Å². The van der Waals surface area contributed by atoms with Gasteiger partial charge >= 0.3 is 0 Å². The summed E-state index contributed by atoms with van der Waals surface area (Å²) in [5, 5.41) is 0. The van der Waals surface area contributed by atoms with Crippen molar-refractivity contribution in [3.05, 3.63) is 0 Å². The van der Waals surface area contributed by atoms with Crippen LogP contribution in [0.5, 0.6) is 0 Å². The molecular formula is C19H36O2. The highest BCUT2D eigenvalue weighted by Crippen LogP contribution is 2.23. The van der Waals surface area contributed by atoms with Gasteiger partial charge in [-0.05, 0) is 31.6 Å². The minimum atomic E-state index is 0.143. The lowest BCUT2D eigenvalue weighted by Gasteiger charge is -2.19. The SMILES string of the molecule is CCCCC(=O)CCCCC[C@H](CC(C)C)C(=O)C(C)C. The lowest BCUT2D eigenvalue weighted by atomic mass is 9.84. The highest BCUT2D eigenvalue weighted by molar-refractivity contribution is 5.82. The first-order chi connectivity index (χ1) is 9.88. The van der Waals surface area contributed by atoms with E-state index in [1.54, 1.807) is 0 Å². The van der Waals surface area contributed by atoms with Crippen LogP contribution in [-0.4, -0.2) is 11.6 Å². The summed E-state index contributed by atoms with van der Waals surface area (Å²) in [4.78, 5) is 23.8. The average molecular weight is 296 g/mol. The van der Waals surface area contributed by atoms with Gasteiger partial charge in [-0.15, -0.1) is 0 Å². The lowest BCUT2D eigenvalue weighted by molar-refractivity contribution is -0.126. The summed E-state index contributed by atoms with van der Waals surface area (Å²) in [7, 11) is 0. The molecule has 0 fully saturated rings. The number of carbonyl (C=O) groups is 2. The van der Waals surface area contributed by atoms with Crippen molar-refractivity contribution in [2.24, 2.45) is 17.8 Å². The molecule has 0 unspecified atom stereocenters. The zero-order chi connectivity index (χ0) is 16.3. The fourth-order valence-electron chi connectivity index (χ4n) is 2.81. The van der Waals surface area contributed by atoms with Gasteiger partial charge in [0, 0.05) is 24.7 Å². The highest BCUT2D eigenvalue weighted by atomic mass is 16.1. The van der Waals surface area contributed by atoms with Gasteiger partial charge < -0.3 is 0 Å². The third-order valence-electron chi connectivity index (χ3n) is 4.04. The topological polar surface area (TPSA) is 34.1 Å². The lowest BCUT2D eigenvalue weighted by Crippen LogP contribution is -2.21. The minimum Gasteiger partial charge on any atom is -0.300 e. The third-order valence-corrected chi connectivity index (χ3v) is 4.04. The molecule has 2 nitrogen and oxygen atoms in total. The first-order valence-electron chi connectivity index (χ1n) is 8.93. The Bertz CT molecular complexity index is 292.